The second kappa shape index (κ2) is 10.6. The van der Waals surface area contributed by atoms with Gasteiger partial charge in [-0.3, -0.25) is 14.6 Å². The van der Waals surface area contributed by atoms with Crippen molar-refractivity contribution < 1.29 is 13.9 Å². The van der Waals surface area contributed by atoms with Gasteiger partial charge in [0.15, 0.2) is 0 Å². The molecule has 0 radical (unpaired) electrons. The molecule has 0 saturated carbocycles. The van der Waals surface area contributed by atoms with Crippen LogP contribution in [0.5, 0.6) is 0 Å². The number of carbonyl (C=O) groups is 1. The summed E-state index contributed by atoms with van der Waals surface area (Å²) in [6.45, 7) is 11.2. The average molecular weight is 469 g/mol. The van der Waals surface area contributed by atoms with E-state index in [1.807, 2.05) is 24.3 Å². The maximum absolute atomic E-state index is 12.9. The van der Waals surface area contributed by atoms with E-state index in [9.17, 15) is 4.79 Å². The molecule has 0 unspecified atom stereocenters. The largest absolute Gasteiger partial charge is 0.457 e. The molecule has 0 spiro atoms. The Hall–Kier alpha value is -2.19. The Balaban J connectivity index is 1.37. The van der Waals surface area contributed by atoms with Crippen molar-refractivity contribution in [1.29, 1.82) is 0 Å². The summed E-state index contributed by atoms with van der Waals surface area (Å²) in [5.41, 5.74) is 3.25. The van der Waals surface area contributed by atoms with Gasteiger partial charge in [0.1, 0.15) is 15.8 Å². The first-order valence-electron chi connectivity index (χ1n) is 11.0. The average Bonchev–Trinajstić information content (AvgIpc) is 3.39. The number of nitrogens with zero attached hydrogens (tertiary/aromatic N) is 2. The lowest BCUT2D eigenvalue weighted by Gasteiger charge is -2.27. The highest BCUT2D eigenvalue weighted by atomic mass is 32.2. The van der Waals surface area contributed by atoms with Gasteiger partial charge in [-0.05, 0) is 36.1 Å². The predicted octanol–water partition coefficient (Wildman–Crippen LogP) is 5.29. The molecule has 32 heavy (non-hydrogen) atoms. The summed E-state index contributed by atoms with van der Waals surface area (Å²) in [5, 5.41) is 0. The number of hydrogen-bond donors (Lipinski definition) is 0. The Labute approximate surface area is 199 Å². The molecule has 2 aromatic rings. The SMILES string of the molecule is C=C(CC)c1ccc(-c2ccc(/C=C3/SC(=S)N(CCCN4CCOCC4)C3=O)o2)cc1. The number of morpholine rings is 1. The molecular weight excluding hydrogens is 440 g/mol. The van der Waals surface area contributed by atoms with Crippen LogP contribution in [0.1, 0.15) is 31.1 Å². The minimum atomic E-state index is -0.0395. The normalized spacial score (nSPS) is 18.7. The lowest BCUT2D eigenvalue weighted by Crippen LogP contribution is -2.38. The number of amides is 1. The van der Waals surface area contributed by atoms with E-state index < -0.39 is 0 Å². The summed E-state index contributed by atoms with van der Waals surface area (Å²) >= 11 is 6.80. The number of furan rings is 1. The van der Waals surface area contributed by atoms with Crippen molar-refractivity contribution in [2.75, 3.05) is 39.4 Å². The molecule has 1 aromatic carbocycles. The molecule has 7 heteroatoms. The Bertz CT molecular complexity index is 1020. The van der Waals surface area contributed by atoms with E-state index in [2.05, 4.69) is 30.5 Å². The molecule has 2 saturated heterocycles. The highest BCUT2D eigenvalue weighted by Gasteiger charge is 2.32. The number of hydrogen-bond acceptors (Lipinski definition) is 6. The summed E-state index contributed by atoms with van der Waals surface area (Å²) in [6, 6.07) is 12.0. The van der Waals surface area contributed by atoms with E-state index in [0.717, 1.165) is 68.1 Å². The van der Waals surface area contributed by atoms with Crippen molar-refractivity contribution in [3.63, 3.8) is 0 Å². The molecule has 0 atom stereocenters. The van der Waals surface area contributed by atoms with E-state index in [4.69, 9.17) is 21.4 Å². The maximum atomic E-state index is 12.9. The number of rotatable bonds is 8. The Morgan fingerprint density at radius 3 is 2.62 bits per heavy atom. The molecule has 1 aromatic heterocycles. The molecule has 2 aliphatic rings. The van der Waals surface area contributed by atoms with Crippen LogP contribution < -0.4 is 0 Å². The first kappa shape index (κ1) is 23.0. The summed E-state index contributed by atoms with van der Waals surface area (Å²) in [4.78, 5) is 17.6. The van der Waals surface area contributed by atoms with Crippen LogP contribution in [0, 0.1) is 0 Å². The minimum Gasteiger partial charge on any atom is -0.457 e. The van der Waals surface area contributed by atoms with Gasteiger partial charge in [0.25, 0.3) is 5.91 Å². The van der Waals surface area contributed by atoms with Gasteiger partial charge in [0.05, 0.1) is 18.1 Å². The third-order valence-corrected chi connectivity index (χ3v) is 7.12. The van der Waals surface area contributed by atoms with Crippen LogP contribution in [0.4, 0.5) is 0 Å². The van der Waals surface area contributed by atoms with Crippen LogP contribution in [0.15, 0.2) is 52.3 Å². The van der Waals surface area contributed by atoms with Crippen molar-refractivity contribution in [2.24, 2.45) is 0 Å². The van der Waals surface area contributed by atoms with Crippen molar-refractivity contribution in [3.05, 3.63) is 59.2 Å². The van der Waals surface area contributed by atoms with E-state index in [-0.39, 0.29) is 5.91 Å². The smallest absolute Gasteiger partial charge is 0.266 e. The molecule has 2 aliphatic heterocycles. The molecule has 3 heterocycles. The van der Waals surface area contributed by atoms with E-state index in [1.54, 1.807) is 11.0 Å². The molecule has 1 amide bonds. The Kier molecular flexibility index (Phi) is 7.63. The van der Waals surface area contributed by atoms with Gasteiger partial charge in [-0.25, -0.2) is 0 Å². The maximum Gasteiger partial charge on any atom is 0.266 e. The number of benzene rings is 1. The number of allylic oxidation sites excluding steroid dienone is 1. The van der Waals surface area contributed by atoms with Gasteiger partial charge in [0.2, 0.25) is 0 Å². The Morgan fingerprint density at radius 1 is 1.16 bits per heavy atom. The van der Waals surface area contributed by atoms with Crippen LogP contribution >= 0.6 is 24.0 Å². The number of thioether (sulfide) groups is 1. The summed E-state index contributed by atoms with van der Waals surface area (Å²) in [7, 11) is 0. The topological polar surface area (TPSA) is 45.9 Å². The lowest BCUT2D eigenvalue weighted by atomic mass is 10.0. The second-order valence-corrected chi connectivity index (χ2v) is 9.55. The third kappa shape index (κ3) is 5.41. The van der Waals surface area contributed by atoms with Crippen molar-refractivity contribution in [1.82, 2.24) is 9.80 Å². The van der Waals surface area contributed by atoms with Crippen LogP contribution in [-0.4, -0.2) is 59.4 Å². The zero-order chi connectivity index (χ0) is 22.5. The molecule has 0 aliphatic carbocycles. The first-order chi connectivity index (χ1) is 15.5. The standard InChI is InChI=1S/C25H28N2O3S2/c1-3-18(2)19-5-7-20(8-6-19)22-10-9-21(30-22)17-23-24(28)27(25(31)32-23)12-4-11-26-13-15-29-16-14-26/h5-10,17H,2-4,11-16H2,1H3/b23-17+. The Morgan fingerprint density at radius 2 is 1.91 bits per heavy atom. The summed E-state index contributed by atoms with van der Waals surface area (Å²) < 4.78 is 12.0. The van der Waals surface area contributed by atoms with Gasteiger partial charge in [-0.15, -0.1) is 0 Å². The molecular formula is C25H28N2O3S2. The second-order valence-electron chi connectivity index (χ2n) is 7.88. The van der Waals surface area contributed by atoms with E-state index >= 15 is 0 Å². The van der Waals surface area contributed by atoms with Crippen LogP contribution in [0.2, 0.25) is 0 Å². The first-order valence-corrected chi connectivity index (χ1v) is 12.2. The highest BCUT2D eigenvalue weighted by molar-refractivity contribution is 8.26. The molecule has 0 bridgehead atoms. The van der Waals surface area contributed by atoms with Crippen LogP contribution in [-0.2, 0) is 9.53 Å². The minimum absolute atomic E-state index is 0.0395. The van der Waals surface area contributed by atoms with E-state index in [0.29, 0.717) is 21.5 Å². The molecule has 4 rings (SSSR count). The van der Waals surface area contributed by atoms with Gasteiger partial charge in [-0.2, -0.15) is 0 Å². The highest BCUT2D eigenvalue weighted by Crippen LogP contribution is 2.34. The van der Waals surface area contributed by atoms with Crippen molar-refractivity contribution in [3.8, 4) is 11.3 Å². The number of thiocarbonyl (C=S) groups is 1. The fourth-order valence-electron chi connectivity index (χ4n) is 3.76. The molecule has 5 nitrogen and oxygen atoms in total. The third-order valence-electron chi connectivity index (χ3n) is 5.74. The van der Waals surface area contributed by atoms with Gasteiger partial charge >= 0.3 is 0 Å². The summed E-state index contributed by atoms with van der Waals surface area (Å²) in [6.07, 6.45) is 3.61. The fraction of sp³-hybridized carbons (Fsp3) is 0.360. The number of carbonyl (C=O) groups excluding carboxylic acids is 1. The quantitative estimate of drug-likeness (QED) is 0.387. The molecule has 168 valence electrons. The summed E-state index contributed by atoms with van der Waals surface area (Å²) in [5.74, 6) is 1.38. The molecule has 2 fully saturated rings. The van der Waals surface area contributed by atoms with Crippen LogP contribution in [0.25, 0.3) is 23.0 Å². The fourth-order valence-corrected chi connectivity index (χ4v) is 5.05. The van der Waals surface area contributed by atoms with Gasteiger partial charge in [0, 0.05) is 37.8 Å². The zero-order valence-electron chi connectivity index (χ0n) is 18.3. The molecule has 0 N–H and O–H groups in total. The van der Waals surface area contributed by atoms with Gasteiger partial charge < -0.3 is 9.15 Å². The number of ether oxygens (including phenoxy) is 1. The van der Waals surface area contributed by atoms with Crippen molar-refractivity contribution in [2.45, 2.75) is 19.8 Å². The van der Waals surface area contributed by atoms with Crippen LogP contribution in [0.3, 0.4) is 0 Å². The predicted molar refractivity (Wildman–Crippen MR) is 135 cm³/mol. The van der Waals surface area contributed by atoms with Crippen molar-refractivity contribution >= 4 is 45.9 Å². The van der Waals surface area contributed by atoms with Gasteiger partial charge in [-0.1, -0.05) is 61.7 Å². The van der Waals surface area contributed by atoms with E-state index in [1.165, 1.54) is 11.8 Å². The monoisotopic (exact) mass is 468 g/mol. The zero-order valence-corrected chi connectivity index (χ0v) is 20.0. The lowest BCUT2D eigenvalue weighted by molar-refractivity contribution is -0.122.